The van der Waals surface area contributed by atoms with Crippen molar-refractivity contribution >= 4 is 27.8 Å². The average Bonchev–Trinajstić information content (AvgIpc) is 2.24. The predicted octanol–water partition coefficient (Wildman–Crippen LogP) is 1.99. The van der Waals surface area contributed by atoms with E-state index in [1.54, 1.807) is 19.9 Å². The van der Waals surface area contributed by atoms with Crippen LogP contribution < -0.4 is 5.32 Å². The fraction of sp³-hybridized carbons (Fsp3) is 0.333. The number of benzene rings is 1. The maximum absolute atomic E-state index is 11.8. The lowest BCUT2D eigenvalue weighted by atomic mass is 10.0. The summed E-state index contributed by atoms with van der Waals surface area (Å²) in [6, 6.07) is 3.41. The van der Waals surface area contributed by atoms with Gasteiger partial charge in [0.15, 0.2) is 0 Å². The molecule has 0 bridgehead atoms. The number of hydrogen-bond donors (Lipinski definition) is 3. The zero-order valence-corrected chi connectivity index (χ0v) is 11.6. The Hall–Kier alpha value is -1.56. The Morgan fingerprint density at radius 2 is 1.94 bits per heavy atom. The Bertz CT molecular complexity index is 473. The molecule has 0 saturated carbocycles. The predicted molar refractivity (Wildman–Crippen MR) is 69.5 cm³/mol. The number of nitrogens with one attached hydrogen (secondary N) is 1. The van der Waals surface area contributed by atoms with Crippen LogP contribution in [0.1, 0.15) is 24.2 Å². The molecule has 0 fully saturated rings. The molecule has 98 valence electrons. The van der Waals surface area contributed by atoms with Crippen molar-refractivity contribution in [3.63, 3.8) is 0 Å². The van der Waals surface area contributed by atoms with Crippen LogP contribution in [0.3, 0.4) is 0 Å². The van der Waals surface area contributed by atoms with E-state index < -0.39 is 17.9 Å². The first-order chi connectivity index (χ1) is 8.32. The molecule has 3 N–H and O–H groups in total. The van der Waals surface area contributed by atoms with E-state index in [1.807, 2.05) is 0 Å². The normalized spacial score (nSPS) is 12.2. The van der Waals surface area contributed by atoms with Crippen LogP contribution in [0.15, 0.2) is 22.7 Å². The maximum Gasteiger partial charge on any atom is 0.326 e. The number of hydrogen-bond acceptors (Lipinski definition) is 3. The van der Waals surface area contributed by atoms with Crippen LogP contribution in [0, 0.1) is 5.92 Å². The molecule has 0 spiro atoms. The Kier molecular flexibility index (Phi) is 4.72. The van der Waals surface area contributed by atoms with Crippen LogP contribution in [0.5, 0.6) is 5.75 Å². The van der Waals surface area contributed by atoms with E-state index in [1.165, 1.54) is 12.1 Å². The largest absolute Gasteiger partial charge is 0.507 e. The van der Waals surface area contributed by atoms with Crippen molar-refractivity contribution in [3.05, 3.63) is 28.2 Å². The average molecular weight is 316 g/mol. The van der Waals surface area contributed by atoms with Gasteiger partial charge in [0.2, 0.25) is 0 Å². The van der Waals surface area contributed by atoms with Crippen LogP contribution in [0.4, 0.5) is 0 Å². The van der Waals surface area contributed by atoms with Crippen molar-refractivity contribution in [1.82, 2.24) is 5.32 Å². The molecule has 0 aromatic heterocycles. The minimum absolute atomic E-state index is 0.0464. The third-order valence-corrected chi connectivity index (χ3v) is 2.92. The van der Waals surface area contributed by atoms with Crippen molar-refractivity contribution in [2.45, 2.75) is 19.9 Å². The molecule has 1 rings (SSSR count). The molecular formula is C12H14BrNO4. The molecule has 0 aliphatic rings. The number of aromatic hydroxyl groups is 1. The number of carbonyl (C=O) groups excluding carboxylic acids is 1. The number of rotatable bonds is 4. The standard InChI is InChI=1S/C12H14BrNO4/c1-6(2)10(12(17)18)14-11(16)8-4-3-7(13)5-9(8)15/h3-6,10,15H,1-2H3,(H,14,16)(H,17,18)/t10-/m1/s1. The van der Waals surface area contributed by atoms with E-state index in [9.17, 15) is 14.7 Å². The third kappa shape index (κ3) is 3.46. The van der Waals surface area contributed by atoms with E-state index in [0.29, 0.717) is 4.47 Å². The van der Waals surface area contributed by atoms with Crippen LogP contribution in [0.25, 0.3) is 0 Å². The van der Waals surface area contributed by atoms with Gasteiger partial charge in [0.25, 0.3) is 5.91 Å². The molecule has 0 heterocycles. The molecule has 18 heavy (non-hydrogen) atoms. The number of aliphatic carboxylic acids is 1. The highest BCUT2D eigenvalue weighted by Gasteiger charge is 2.24. The Morgan fingerprint density at radius 3 is 2.39 bits per heavy atom. The van der Waals surface area contributed by atoms with Gasteiger partial charge in [-0.2, -0.15) is 0 Å². The van der Waals surface area contributed by atoms with Gasteiger partial charge < -0.3 is 15.5 Å². The van der Waals surface area contributed by atoms with E-state index in [4.69, 9.17) is 5.11 Å². The number of carbonyl (C=O) groups is 2. The first-order valence-corrected chi connectivity index (χ1v) is 6.14. The molecule has 6 heteroatoms. The van der Waals surface area contributed by atoms with Crippen molar-refractivity contribution in [3.8, 4) is 5.75 Å². The minimum Gasteiger partial charge on any atom is -0.507 e. The Labute approximate surface area is 113 Å². The monoisotopic (exact) mass is 315 g/mol. The molecule has 0 radical (unpaired) electrons. The van der Waals surface area contributed by atoms with Crippen LogP contribution in [0.2, 0.25) is 0 Å². The van der Waals surface area contributed by atoms with Gasteiger partial charge in [0.1, 0.15) is 11.8 Å². The number of phenols is 1. The first-order valence-electron chi connectivity index (χ1n) is 5.35. The lowest BCUT2D eigenvalue weighted by molar-refractivity contribution is -0.140. The van der Waals surface area contributed by atoms with Crippen molar-refractivity contribution in [2.24, 2.45) is 5.92 Å². The van der Waals surface area contributed by atoms with Gasteiger partial charge in [-0.25, -0.2) is 4.79 Å². The number of carboxylic acids is 1. The van der Waals surface area contributed by atoms with Gasteiger partial charge in [0, 0.05) is 4.47 Å². The summed E-state index contributed by atoms with van der Waals surface area (Å²) >= 11 is 3.16. The lowest BCUT2D eigenvalue weighted by Crippen LogP contribution is -2.44. The summed E-state index contributed by atoms with van der Waals surface area (Å²) in [5, 5.41) is 21.0. The molecular weight excluding hydrogens is 302 g/mol. The highest BCUT2D eigenvalue weighted by molar-refractivity contribution is 9.10. The highest BCUT2D eigenvalue weighted by Crippen LogP contribution is 2.22. The summed E-state index contributed by atoms with van der Waals surface area (Å²) in [6.45, 7) is 3.39. The fourth-order valence-corrected chi connectivity index (χ4v) is 1.78. The summed E-state index contributed by atoms with van der Waals surface area (Å²) in [5.41, 5.74) is 0.0464. The summed E-state index contributed by atoms with van der Waals surface area (Å²) in [5.74, 6) is -2.16. The molecule has 0 unspecified atom stereocenters. The van der Waals surface area contributed by atoms with Gasteiger partial charge in [-0.3, -0.25) is 4.79 Å². The number of halogens is 1. The highest BCUT2D eigenvalue weighted by atomic mass is 79.9. The quantitative estimate of drug-likeness (QED) is 0.793. The maximum atomic E-state index is 11.8. The second kappa shape index (κ2) is 5.86. The second-order valence-corrected chi connectivity index (χ2v) is 5.11. The fourth-order valence-electron chi connectivity index (χ4n) is 1.43. The van der Waals surface area contributed by atoms with Crippen molar-refractivity contribution in [1.29, 1.82) is 0 Å². The zero-order valence-electron chi connectivity index (χ0n) is 9.98. The zero-order chi connectivity index (χ0) is 13.9. The summed E-state index contributed by atoms with van der Waals surface area (Å²) in [6.07, 6.45) is 0. The smallest absolute Gasteiger partial charge is 0.326 e. The van der Waals surface area contributed by atoms with Gasteiger partial charge in [0.05, 0.1) is 5.56 Å². The van der Waals surface area contributed by atoms with E-state index >= 15 is 0 Å². The Balaban J connectivity index is 2.91. The number of amides is 1. The second-order valence-electron chi connectivity index (χ2n) is 4.19. The van der Waals surface area contributed by atoms with Crippen LogP contribution in [-0.4, -0.2) is 28.1 Å². The van der Waals surface area contributed by atoms with Gasteiger partial charge >= 0.3 is 5.97 Å². The van der Waals surface area contributed by atoms with Gasteiger partial charge in [-0.05, 0) is 24.1 Å². The first kappa shape index (κ1) is 14.5. The lowest BCUT2D eigenvalue weighted by Gasteiger charge is -2.18. The van der Waals surface area contributed by atoms with E-state index in [-0.39, 0.29) is 17.2 Å². The Morgan fingerprint density at radius 1 is 1.33 bits per heavy atom. The van der Waals surface area contributed by atoms with Gasteiger partial charge in [-0.15, -0.1) is 0 Å². The molecule has 1 amide bonds. The SMILES string of the molecule is CC(C)[C@@H](NC(=O)c1ccc(Br)cc1O)C(=O)O. The summed E-state index contributed by atoms with van der Waals surface area (Å²) in [4.78, 5) is 22.8. The van der Waals surface area contributed by atoms with Gasteiger partial charge in [-0.1, -0.05) is 29.8 Å². The molecule has 0 aliphatic heterocycles. The topological polar surface area (TPSA) is 86.6 Å². The number of carboxylic acid groups (broad SMARTS) is 1. The van der Waals surface area contributed by atoms with Crippen LogP contribution in [-0.2, 0) is 4.79 Å². The van der Waals surface area contributed by atoms with Crippen molar-refractivity contribution in [2.75, 3.05) is 0 Å². The molecule has 1 aromatic rings. The minimum atomic E-state index is -1.10. The van der Waals surface area contributed by atoms with E-state index in [2.05, 4.69) is 21.2 Å². The molecule has 1 atom stereocenters. The molecule has 5 nitrogen and oxygen atoms in total. The van der Waals surface area contributed by atoms with Crippen LogP contribution >= 0.6 is 15.9 Å². The molecule has 0 saturated heterocycles. The van der Waals surface area contributed by atoms with Crippen molar-refractivity contribution < 1.29 is 19.8 Å². The summed E-state index contributed by atoms with van der Waals surface area (Å²) in [7, 11) is 0. The van der Waals surface area contributed by atoms with E-state index in [0.717, 1.165) is 0 Å². The summed E-state index contributed by atoms with van der Waals surface area (Å²) < 4.78 is 0.634. The third-order valence-electron chi connectivity index (χ3n) is 2.42. The number of phenolic OH excluding ortho intramolecular Hbond substituents is 1. The molecule has 0 aliphatic carbocycles. The molecule has 1 aromatic carbocycles.